The van der Waals surface area contributed by atoms with Gasteiger partial charge in [0.05, 0.1) is 6.61 Å². The summed E-state index contributed by atoms with van der Waals surface area (Å²) in [7, 11) is 0. The van der Waals surface area contributed by atoms with E-state index in [1.165, 1.54) is 5.56 Å². The van der Waals surface area contributed by atoms with Gasteiger partial charge in [0.2, 0.25) is 0 Å². The number of aryl methyl sites for hydroxylation is 1. The standard InChI is InChI=1S/C28H28N2O4/c31-27(34-20-22-12-5-2-6-13-22)26(18-23-19-29-25-16-8-7-15-24(23)25)30-28(32)33-17-9-14-21-10-3-1-4-11-21/h1-8,10-13,15-16,19,26,29H,9,14,17-18,20H2,(H,30,32). The van der Waals surface area contributed by atoms with Crippen LogP contribution in [0.4, 0.5) is 4.79 Å². The maximum atomic E-state index is 12.9. The van der Waals surface area contributed by atoms with Crippen LogP contribution in [0.25, 0.3) is 10.9 Å². The van der Waals surface area contributed by atoms with E-state index in [4.69, 9.17) is 9.47 Å². The lowest BCUT2D eigenvalue weighted by atomic mass is 10.1. The number of alkyl carbamates (subject to hydrolysis) is 1. The number of ether oxygens (including phenoxy) is 2. The van der Waals surface area contributed by atoms with Crippen LogP contribution in [0.15, 0.2) is 91.1 Å². The van der Waals surface area contributed by atoms with Crippen LogP contribution in [0.5, 0.6) is 0 Å². The molecule has 4 aromatic rings. The first kappa shape index (κ1) is 23.1. The molecule has 0 fully saturated rings. The molecule has 0 saturated heterocycles. The maximum Gasteiger partial charge on any atom is 0.407 e. The van der Waals surface area contributed by atoms with Gasteiger partial charge in [0.25, 0.3) is 0 Å². The molecule has 1 heterocycles. The molecule has 0 aliphatic rings. The summed E-state index contributed by atoms with van der Waals surface area (Å²) in [4.78, 5) is 28.6. The number of aromatic nitrogens is 1. The Morgan fingerprint density at radius 1 is 0.824 bits per heavy atom. The lowest BCUT2D eigenvalue weighted by Crippen LogP contribution is -2.43. The maximum absolute atomic E-state index is 12.9. The summed E-state index contributed by atoms with van der Waals surface area (Å²) in [6.45, 7) is 0.400. The van der Waals surface area contributed by atoms with Gasteiger partial charge in [-0.2, -0.15) is 0 Å². The van der Waals surface area contributed by atoms with Gasteiger partial charge in [0, 0.05) is 23.5 Å². The Labute approximate surface area is 198 Å². The molecule has 0 bridgehead atoms. The van der Waals surface area contributed by atoms with E-state index in [1.54, 1.807) is 0 Å². The highest BCUT2D eigenvalue weighted by Gasteiger charge is 2.25. The van der Waals surface area contributed by atoms with Crippen molar-refractivity contribution in [3.05, 3.63) is 108 Å². The van der Waals surface area contributed by atoms with E-state index in [2.05, 4.69) is 10.3 Å². The van der Waals surface area contributed by atoms with Gasteiger partial charge >= 0.3 is 12.1 Å². The van der Waals surface area contributed by atoms with Gasteiger partial charge < -0.3 is 19.8 Å². The van der Waals surface area contributed by atoms with E-state index >= 15 is 0 Å². The zero-order valence-corrected chi connectivity index (χ0v) is 18.9. The molecule has 0 saturated carbocycles. The van der Waals surface area contributed by atoms with Crippen LogP contribution in [0, 0.1) is 0 Å². The molecule has 6 nitrogen and oxygen atoms in total. The molecule has 1 atom stereocenters. The number of hydrogen-bond donors (Lipinski definition) is 2. The molecular weight excluding hydrogens is 428 g/mol. The number of carbonyl (C=O) groups excluding carboxylic acids is 2. The van der Waals surface area contributed by atoms with Crippen LogP contribution in [0.2, 0.25) is 0 Å². The minimum Gasteiger partial charge on any atom is -0.459 e. The average molecular weight is 457 g/mol. The molecule has 174 valence electrons. The second kappa shape index (κ2) is 11.7. The van der Waals surface area contributed by atoms with Gasteiger partial charge in [-0.25, -0.2) is 9.59 Å². The molecule has 0 aliphatic carbocycles. The van der Waals surface area contributed by atoms with E-state index in [9.17, 15) is 9.59 Å². The van der Waals surface area contributed by atoms with Crippen molar-refractivity contribution in [1.29, 1.82) is 0 Å². The van der Waals surface area contributed by atoms with Crippen LogP contribution >= 0.6 is 0 Å². The molecule has 4 rings (SSSR count). The van der Waals surface area contributed by atoms with Crippen LogP contribution in [0.3, 0.4) is 0 Å². The molecule has 0 aliphatic heterocycles. The Balaban J connectivity index is 1.36. The molecule has 0 spiro atoms. The zero-order chi connectivity index (χ0) is 23.6. The number of fused-ring (bicyclic) bond motifs is 1. The Hall–Kier alpha value is -4.06. The van der Waals surface area contributed by atoms with Crippen molar-refractivity contribution in [3.63, 3.8) is 0 Å². The fraction of sp³-hybridized carbons (Fsp3) is 0.214. The van der Waals surface area contributed by atoms with Crippen molar-refractivity contribution in [2.75, 3.05) is 6.61 Å². The molecule has 1 aromatic heterocycles. The number of rotatable bonds is 10. The highest BCUT2D eigenvalue weighted by Crippen LogP contribution is 2.19. The Bertz CT molecular complexity index is 1200. The predicted molar refractivity (Wildman–Crippen MR) is 131 cm³/mol. The first-order valence-corrected chi connectivity index (χ1v) is 11.4. The number of hydrogen-bond acceptors (Lipinski definition) is 4. The van der Waals surface area contributed by atoms with Gasteiger partial charge in [-0.05, 0) is 35.6 Å². The number of carbonyl (C=O) groups is 2. The van der Waals surface area contributed by atoms with E-state index in [-0.39, 0.29) is 19.6 Å². The summed E-state index contributed by atoms with van der Waals surface area (Å²) in [6, 6.07) is 26.4. The topological polar surface area (TPSA) is 80.4 Å². The summed E-state index contributed by atoms with van der Waals surface area (Å²) < 4.78 is 10.9. The van der Waals surface area contributed by atoms with Crippen molar-refractivity contribution in [3.8, 4) is 0 Å². The molecule has 2 N–H and O–H groups in total. The van der Waals surface area contributed by atoms with Crippen molar-refractivity contribution in [1.82, 2.24) is 10.3 Å². The average Bonchev–Trinajstić information content (AvgIpc) is 3.29. The van der Waals surface area contributed by atoms with Crippen molar-refractivity contribution >= 4 is 23.0 Å². The Morgan fingerprint density at radius 3 is 2.26 bits per heavy atom. The van der Waals surface area contributed by atoms with E-state index < -0.39 is 18.1 Å². The zero-order valence-electron chi connectivity index (χ0n) is 18.9. The molecule has 0 radical (unpaired) electrons. The second-order valence-electron chi connectivity index (χ2n) is 8.08. The lowest BCUT2D eigenvalue weighted by molar-refractivity contribution is -0.147. The Morgan fingerprint density at radius 2 is 1.50 bits per heavy atom. The molecule has 1 amide bonds. The fourth-order valence-corrected chi connectivity index (χ4v) is 3.81. The smallest absolute Gasteiger partial charge is 0.407 e. The third kappa shape index (κ3) is 6.48. The van der Waals surface area contributed by atoms with Gasteiger partial charge in [-0.1, -0.05) is 78.9 Å². The third-order valence-electron chi connectivity index (χ3n) is 5.59. The molecule has 1 unspecified atom stereocenters. The summed E-state index contributed by atoms with van der Waals surface area (Å²) in [5.41, 5.74) is 3.96. The van der Waals surface area contributed by atoms with Crippen molar-refractivity contribution < 1.29 is 19.1 Å². The van der Waals surface area contributed by atoms with Crippen LogP contribution in [0.1, 0.15) is 23.1 Å². The largest absolute Gasteiger partial charge is 0.459 e. The lowest BCUT2D eigenvalue weighted by Gasteiger charge is -2.17. The number of amides is 1. The van der Waals surface area contributed by atoms with Gasteiger partial charge in [-0.15, -0.1) is 0 Å². The highest BCUT2D eigenvalue weighted by molar-refractivity contribution is 5.86. The minimum absolute atomic E-state index is 0.137. The molecule has 3 aromatic carbocycles. The quantitative estimate of drug-likeness (QED) is 0.254. The molecule has 34 heavy (non-hydrogen) atoms. The van der Waals surface area contributed by atoms with Crippen LogP contribution in [-0.2, 0) is 33.7 Å². The summed E-state index contributed by atoms with van der Waals surface area (Å²) in [6.07, 6.45) is 3.02. The minimum atomic E-state index is -0.871. The first-order valence-electron chi connectivity index (χ1n) is 11.4. The predicted octanol–water partition coefficient (Wildman–Crippen LogP) is 5.18. The fourth-order valence-electron chi connectivity index (χ4n) is 3.81. The molecular formula is C28H28N2O4. The summed E-state index contributed by atoms with van der Waals surface area (Å²) >= 11 is 0. The Kier molecular flexibility index (Phi) is 7.95. The number of H-pyrrole nitrogens is 1. The van der Waals surface area contributed by atoms with Gasteiger partial charge in [-0.3, -0.25) is 0 Å². The summed E-state index contributed by atoms with van der Waals surface area (Å²) in [5, 5.41) is 3.71. The SMILES string of the molecule is O=C(NC(Cc1c[nH]c2ccccc12)C(=O)OCc1ccccc1)OCCCc1ccccc1. The van der Waals surface area contributed by atoms with Crippen molar-refractivity contribution in [2.45, 2.75) is 31.9 Å². The monoisotopic (exact) mass is 456 g/mol. The van der Waals surface area contributed by atoms with E-state index in [1.807, 2.05) is 91.1 Å². The number of nitrogens with one attached hydrogen (secondary N) is 2. The van der Waals surface area contributed by atoms with Crippen LogP contribution < -0.4 is 5.32 Å². The normalized spacial score (nSPS) is 11.6. The number of esters is 1. The van der Waals surface area contributed by atoms with Gasteiger partial charge in [0.15, 0.2) is 0 Å². The molecule has 6 heteroatoms. The number of para-hydroxylation sites is 1. The third-order valence-corrected chi connectivity index (χ3v) is 5.59. The van der Waals surface area contributed by atoms with Gasteiger partial charge in [0.1, 0.15) is 12.6 Å². The summed E-state index contributed by atoms with van der Waals surface area (Å²) in [5.74, 6) is -0.504. The number of benzene rings is 3. The number of aromatic amines is 1. The van der Waals surface area contributed by atoms with Crippen LogP contribution in [-0.4, -0.2) is 29.7 Å². The second-order valence-corrected chi connectivity index (χ2v) is 8.08. The highest BCUT2D eigenvalue weighted by atomic mass is 16.6. The van der Waals surface area contributed by atoms with E-state index in [0.29, 0.717) is 6.42 Å². The van der Waals surface area contributed by atoms with E-state index in [0.717, 1.165) is 28.5 Å². The van der Waals surface area contributed by atoms with Crippen molar-refractivity contribution in [2.24, 2.45) is 0 Å². The first-order chi connectivity index (χ1) is 16.7.